The number of carbonyl (C=O) groups excluding carboxylic acids is 1. The monoisotopic (exact) mass is 356 g/mol. The highest BCUT2D eigenvalue weighted by atomic mass is 19.1. The van der Waals surface area contributed by atoms with E-state index in [2.05, 4.69) is 17.1 Å². The van der Waals surface area contributed by atoms with Gasteiger partial charge in [0.15, 0.2) is 11.5 Å². The van der Waals surface area contributed by atoms with Crippen molar-refractivity contribution in [3.63, 3.8) is 0 Å². The predicted molar refractivity (Wildman–Crippen MR) is 99.0 cm³/mol. The van der Waals surface area contributed by atoms with E-state index < -0.39 is 0 Å². The molecule has 0 aliphatic carbocycles. The van der Waals surface area contributed by atoms with Crippen molar-refractivity contribution in [3.05, 3.63) is 71.6 Å². The number of hydrazone groups is 1. The highest BCUT2D eigenvalue weighted by Crippen LogP contribution is 2.34. The van der Waals surface area contributed by atoms with Crippen molar-refractivity contribution in [3.8, 4) is 11.5 Å². The van der Waals surface area contributed by atoms with E-state index in [1.807, 2.05) is 6.07 Å². The summed E-state index contributed by atoms with van der Waals surface area (Å²) in [5.74, 6) is 0.516. The number of ether oxygens (including phenoxy) is 2. The molecule has 5 nitrogen and oxygen atoms in total. The Kier molecular flexibility index (Phi) is 6.91. The molecule has 0 spiro atoms. The van der Waals surface area contributed by atoms with Gasteiger partial charge in [-0.25, -0.2) is 9.82 Å². The molecule has 0 unspecified atom stereocenters. The highest BCUT2D eigenvalue weighted by Gasteiger charge is 2.13. The quantitative estimate of drug-likeness (QED) is 0.446. The fourth-order valence-electron chi connectivity index (χ4n) is 2.36. The van der Waals surface area contributed by atoms with Crippen molar-refractivity contribution in [2.24, 2.45) is 5.10 Å². The Morgan fingerprint density at radius 1 is 1.35 bits per heavy atom. The summed E-state index contributed by atoms with van der Waals surface area (Å²) >= 11 is 0. The molecule has 2 aromatic carbocycles. The van der Waals surface area contributed by atoms with E-state index in [4.69, 9.17) is 9.47 Å². The number of benzene rings is 2. The van der Waals surface area contributed by atoms with Crippen LogP contribution in [0.15, 0.2) is 54.2 Å². The fraction of sp³-hybridized carbons (Fsp3) is 0.200. The maximum atomic E-state index is 13.3. The number of hydrogen-bond acceptors (Lipinski definition) is 4. The molecule has 1 N–H and O–H groups in total. The lowest BCUT2D eigenvalue weighted by molar-refractivity contribution is -0.118. The number of halogens is 1. The van der Waals surface area contributed by atoms with Crippen LogP contribution in [0.3, 0.4) is 0 Å². The summed E-state index contributed by atoms with van der Waals surface area (Å²) in [7, 11) is 1.54. The molecule has 136 valence electrons. The molecule has 0 aliphatic rings. The minimum absolute atomic E-state index is 0.206. The Hall–Kier alpha value is -3.15. The summed E-state index contributed by atoms with van der Waals surface area (Å²) in [6.07, 6.45) is 3.82. The smallest absolute Gasteiger partial charge is 0.236 e. The van der Waals surface area contributed by atoms with E-state index in [1.54, 1.807) is 24.3 Å². The van der Waals surface area contributed by atoms with E-state index in [9.17, 15) is 9.18 Å². The Morgan fingerprint density at radius 3 is 2.81 bits per heavy atom. The van der Waals surface area contributed by atoms with Gasteiger partial charge in [0.1, 0.15) is 12.4 Å². The zero-order chi connectivity index (χ0) is 18.9. The van der Waals surface area contributed by atoms with Crippen LogP contribution in [0.4, 0.5) is 4.39 Å². The minimum Gasteiger partial charge on any atom is -0.493 e. The van der Waals surface area contributed by atoms with Crippen molar-refractivity contribution in [1.29, 1.82) is 0 Å². The van der Waals surface area contributed by atoms with Gasteiger partial charge in [0.05, 0.1) is 13.3 Å². The SMILES string of the molecule is C=CCc1cc(/C=N\NC(C)=O)cc(OC)c1OCc1cccc(F)c1. The number of carbonyl (C=O) groups is 1. The zero-order valence-electron chi connectivity index (χ0n) is 14.8. The molecule has 0 heterocycles. The molecule has 0 aliphatic heterocycles. The molecular weight excluding hydrogens is 335 g/mol. The largest absolute Gasteiger partial charge is 0.493 e. The number of methoxy groups -OCH3 is 1. The molecule has 2 aromatic rings. The second-order valence-corrected chi connectivity index (χ2v) is 5.55. The Labute approximate surface area is 152 Å². The van der Waals surface area contributed by atoms with Gasteiger partial charge < -0.3 is 9.47 Å². The topological polar surface area (TPSA) is 59.9 Å². The molecule has 2 rings (SSSR count). The van der Waals surface area contributed by atoms with Crippen LogP contribution in [-0.4, -0.2) is 19.2 Å². The Bertz CT molecular complexity index is 819. The Balaban J connectivity index is 2.29. The summed E-state index contributed by atoms with van der Waals surface area (Å²) < 4.78 is 24.7. The second-order valence-electron chi connectivity index (χ2n) is 5.55. The minimum atomic E-state index is -0.311. The van der Waals surface area contributed by atoms with Crippen molar-refractivity contribution in [2.75, 3.05) is 7.11 Å². The van der Waals surface area contributed by atoms with Gasteiger partial charge in [-0.2, -0.15) is 5.10 Å². The van der Waals surface area contributed by atoms with Crippen LogP contribution < -0.4 is 14.9 Å². The molecule has 1 amide bonds. The van der Waals surface area contributed by atoms with E-state index >= 15 is 0 Å². The third kappa shape index (κ3) is 5.44. The van der Waals surface area contributed by atoms with Crippen LogP contribution in [0, 0.1) is 5.82 Å². The van der Waals surface area contributed by atoms with Gasteiger partial charge in [0.25, 0.3) is 0 Å². The second kappa shape index (κ2) is 9.36. The van der Waals surface area contributed by atoms with Gasteiger partial charge in [-0.15, -0.1) is 6.58 Å². The molecule has 0 fully saturated rings. The molecule has 0 atom stereocenters. The number of amides is 1. The average Bonchev–Trinajstić information content (AvgIpc) is 2.60. The highest BCUT2D eigenvalue weighted by molar-refractivity contribution is 5.83. The van der Waals surface area contributed by atoms with E-state index in [1.165, 1.54) is 32.4 Å². The summed E-state index contributed by atoms with van der Waals surface area (Å²) in [5, 5.41) is 3.86. The normalized spacial score (nSPS) is 10.6. The van der Waals surface area contributed by atoms with Crippen LogP contribution in [0.5, 0.6) is 11.5 Å². The number of hydrogen-bond donors (Lipinski definition) is 1. The maximum Gasteiger partial charge on any atom is 0.236 e. The molecule has 0 bridgehead atoms. The van der Waals surface area contributed by atoms with Crippen LogP contribution in [-0.2, 0) is 17.8 Å². The van der Waals surface area contributed by atoms with Gasteiger partial charge in [-0.1, -0.05) is 18.2 Å². The van der Waals surface area contributed by atoms with Crippen molar-refractivity contribution in [2.45, 2.75) is 20.0 Å². The Morgan fingerprint density at radius 2 is 2.15 bits per heavy atom. The summed E-state index contributed by atoms with van der Waals surface area (Å²) in [4.78, 5) is 10.9. The number of nitrogens with one attached hydrogen (secondary N) is 1. The maximum absolute atomic E-state index is 13.3. The fourth-order valence-corrected chi connectivity index (χ4v) is 2.36. The molecule has 0 saturated heterocycles. The van der Waals surface area contributed by atoms with Crippen molar-refractivity contribution >= 4 is 12.1 Å². The lowest BCUT2D eigenvalue weighted by atomic mass is 10.1. The van der Waals surface area contributed by atoms with Crippen molar-refractivity contribution in [1.82, 2.24) is 5.43 Å². The molecule has 26 heavy (non-hydrogen) atoms. The lowest BCUT2D eigenvalue weighted by Crippen LogP contribution is -2.12. The van der Waals surface area contributed by atoms with E-state index in [0.717, 1.165) is 11.1 Å². The van der Waals surface area contributed by atoms with Gasteiger partial charge in [-0.05, 0) is 41.8 Å². The summed E-state index contributed by atoms with van der Waals surface area (Å²) in [6, 6.07) is 9.86. The average molecular weight is 356 g/mol. The number of rotatable bonds is 8. The van der Waals surface area contributed by atoms with Gasteiger partial charge in [0.2, 0.25) is 5.91 Å². The van der Waals surface area contributed by atoms with Gasteiger partial charge in [-0.3, -0.25) is 4.79 Å². The summed E-state index contributed by atoms with van der Waals surface area (Å²) in [6.45, 7) is 5.35. The van der Waals surface area contributed by atoms with Crippen molar-refractivity contribution < 1.29 is 18.7 Å². The predicted octanol–water partition coefficient (Wildman–Crippen LogP) is 3.61. The van der Waals surface area contributed by atoms with Gasteiger partial charge >= 0.3 is 0 Å². The van der Waals surface area contributed by atoms with E-state index in [0.29, 0.717) is 23.5 Å². The van der Waals surface area contributed by atoms with Crippen LogP contribution >= 0.6 is 0 Å². The zero-order valence-corrected chi connectivity index (χ0v) is 14.8. The molecular formula is C20H21FN2O3. The van der Waals surface area contributed by atoms with Crippen LogP contribution in [0.2, 0.25) is 0 Å². The molecule has 0 saturated carbocycles. The van der Waals surface area contributed by atoms with Gasteiger partial charge in [0, 0.05) is 12.5 Å². The first-order valence-electron chi connectivity index (χ1n) is 8.02. The third-order valence-corrected chi connectivity index (χ3v) is 3.45. The first-order valence-corrected chi connectivity index (χ1v) is 8.02. The van der Waals surface area contributed by atoms with Crippen LogP contribution in [0.25, 0.3) is 0 Å². The first-order chi connectivity index (χ1) is 12.5. The number of nitrogens with zero attached hydrogens (tertiary/aromatic N) is 1. The van der Waals surface area contributed by atoms with Crippen LogP contribution in [0.1, 0.15) is 23.6 Å². The lowest BCUT2D eigenvalue weighted by Gasteiger charge is -2.16. The number of allylic oxidation sites excluding steroid dienone is 1. The van der Waals surface area contributed by atoms with E-state index in [-0.39, 0.29) is 18.3 Å². The standard InChI is InChI=1S/C20H21FN2O3/c1-4-6-17-9-16(12-22-23-14(2)24)11-19(25-3)20(17)26-13-15-7-5-8-18(21)10-15/h4-5,7-12H,1,6,13H2,2-3H3,(H,23,24)/b22-12-. The molecule has 0 aromatic heterocycles. The first kappa shape index (κ1) is 19.2. The molecule has 6 heteroatoms. The summed E-state index contributed by atoms with van der Waals surface area (Å²) in [5.41, 5.74) is 4.66. The molecule has 0 radical (unpaired) electrons. The third-order valence-electron chi connectivity index (χ3n) is 3.45.